The van der Waals surface area contributed by atoms with Crippen LogP contribution in [0.15, 0.2) is 0 Å². The Balaban J connectivity index is 3.98. The van der Waals surface area contributed by atoms with Gasteiger partial charge >= 0.3 is 0 Å². The van der Waals surface area contributed by atoms with E-state index in [0.29, 0.717) is 12.8 Å². The Hall–Kier alpha value is 0.230. The van der Waals surface area contributed by atoms with Crippen LogP contribution in [-0.4, -0.2) is 33.1 Å². The Morgan fingerprint density at radius 1 is 1.20 bits per heavy atom. The second-order valence-corrected chi connectivity index (χ2v) is 5.21. The molecule has 0 radical (unpaired) electrons. The molecule has 0 fully saturated rings. The quantitative estimate of drug-likeness (QED) is 0.446. The average molecular weight is 438 g/mol. The molecule has 0 aliphatic carbocycles. The fraction of sp³-hybridized carbons (Fsp3) is 0.625. The average Bonchev–Trinajstić information content (AvgIpc) is 2.15. The number of rotatable bonds is 7. The molecule has 1 unspecified atom stereocenters. The Bertz CT molecular complexity index is 258. The summed E-state index contributed by atoms with van der Waals surface area (Å²) in [7, 11) is 1.65. The van der Waals surface area contributed by atoms with Crippen molar-refractivity contribution in [1.29, 1.82) is 0 Å². The van der Waals surface area contributed by atoms with Crippen molar-refractivity contribution in [2.45, 2.75) is 18.9 Å². The van der Waals surface area contributed by atoms with E-state index in [-0.39, 0.29) is 20.0 Å². The SMILES string of the molecule is CNC(CCC(=O)I)C(=O)NCC(=O)I. The van der Waals surface area contributed by atoms with E-state index in [4.69, 9.17) is 0 Å². The van der Waals surface area contributed by atoms with E-state index in [1.165, 1.54) is 0 Å². The maximum atomic E-state index is 11.4. The van der Waals surface area contributed by atoms with Gasteiger partial charge in [0.1, 0.15) is 0 Å². The molecule has 1 amide bonds. The van der Waals surface area contributed by atoms with Gasteiger partial charge in [-0.05, 0) is 36.1 Å². The first-order valence-electron chi connectivity index (χ1n) is 4.29. The van der Waals surface area contributed by atoms with Gasteiger partial charge in [0, 0.05) is 29.0 Å². The summed E-state index contributed by atoms with van der Waals surface area (Å²) in [6, 6.07) is -0.417. The summed E-state index contributed by atoms with van der Waals surface area (Å²) < 4.78 is -0.105. The molecule has 0 aliphatic heterocycles. The predicted molar refractivity (Wildman–Crippen MR) is 73.1 cm³/mol. The van der Waals surface area contributed by atoms with E-state index in [2.05, 4.69) is 10.6 Å². The Kier molecular flexibility index (Phi) is 8.52. The van der Waals surface area contributed by atoms with Crippen LogP contribution < -0.4 is 10.6 Å². The minimum Gasteiger partial charge on any atom is -0.347 e. The Morgan fingerprint density at radius 2 is 1.80 bits per heavy atom. The van der Waals surface area contributed by atoms with Crippen molar-refractivity contribution < 1.29 is 14.4 Å². The van der Waals surface area contributed by atoms with Gasteiger partial charge in [0.2, 0.25) is 9.70 Å². The lowest BCUT2D eigenvalue weighted by atomic mass is 10.1. The lowest BCUT2D eigenvalue weighted by Crippen LogP contribution is -2.43. The zero-order valence-corrected chi connectivity index (χ0v) is 12.5. The number of nitrogens with one attached hydrogen (secondary N) is 2. The lowest BCUT2D eigenvalue weighted by molar-refractivity contribution is -0.124. The molecular weight excluding hydrogens is 426 g/mol. The largest absolute Gasteiger partial charge is 0.347 e. The van der Waals surface area contributed by atoms with Crippen molar-refractivity contribution in [2.24, 2.45) is 0 Å². The molecule has 0 aromatic heterocycles. The summed E-state index contributed by atoms with van der Waals surface area (Å²) >= 11 is 3.31. The van der Waals surface area contributed by atoms with Gasteiger partial charge in [0.05, 0.1) is 12.6 Å². The number of halogens is 2. The van der Waals surface area contributed by atoms with Gasteiger partial charge in [0.25, 0.3) is 0 Å². The van der Waals surface area contributed by atoms with Crippen LogP contribution in [0.5, 0.6) is 0 Å². The van der Waals surface area contributed by atoms with Gasteiger partial charge in [-0.15, -0.1) is 0 Å². The highest BCUT2D eigenvalue weighted by Crippen LogP contribution is 2.02. The van der Waals surface area contributed by atoms with Gasteiger partial charge in [-0.3, -0.25) is 14.4 Å². The summed E-state index contributed by atoms with van der Waals surface area (Å²) in [5, 5.41) is 5.28. The summed E-state index contributed by atoms with van der Waals surface area (Å²) in [5.74, 6) is -0.250. The van der Waals surface area contributed by atoms with E-state index >= 15 is 0 Å². The standard InChI is InChI=1S/C8H12I2N2O3/c1-11-5(2-3-6(9)13)8(15)12-4-7(10)14/h5,11H,2-4H2,1H3,(H,12,15). The molecule has 7 heteroatoms. The highest BCUT2D eigenvalue weighted by Gasteiger charge is 2.16. The zero-order valence-electron chi connectivity index (χ0n) is 8.18. The first kappa shape index (κ1) is 15.2. The summed E-state index contributed by atoms with van der Waals surface area (Å²) in [6.45, 7) is 0.0236. The molecule has 1 atom stereocenters. The van der Waals surface area contributed by atoms with Crippen LogP contribution in [0, 0.1) is 0 Å². The van der Waals surface area contributed by atoms with Crippen molar-refractivity contribution in [3.8, 4) is 0 Å². The van der Waals surface area contributed by atoms with Crippen LogP contribution in [0.25, 0.3) is 0 Å². The molecule has 2 N–H and O–H groups in total. The van der Waals surface area contributed by atoms with Crippen LogP contribution in [-0.2, 0) is 14.4 Å². The molecule has 0 heterocycles. The summed E-state index contributed by atoms with van der Waals surface area (Å²) in [4.78, 5) is 32.8. The highest BCUT2D eigenvalue weighted by molar-refractivity contribution is 14.1. The number of carbonyl (C=O) groups is 3. The normalized spacial score (nSPS) is 11.9. The van der Waals surface area contributed by atoms with E-state index in [0.717, 1.165) is 0 Å². The fourth-order valence-corrected chi connectivity index (χ4v) is 1.45. The summed E-state index contributed by atoms with van der Waals surface area (Å²) in [5.41, 5.74) is 0. The number of amides is 1. The first-order chi connectivity index (χ1) is 6.97. The van der Waals surface area contributed by atoms with Crippen LogP contribution in [0.4, 0.5) is 0 Å². The van der Waals surface area contributed by atoms with Crippen LogP contribution in [0.2, 0.25) is 0 Å². The molecule has 0 spiro atoms. The van der Waals surface area contributed by atoms with Gasteiger partial charge < -0.3 is 10.6 Å². The van der Waals surface area contributed by atoms with Crippen molar-refractivity contribution in [3.63, 3.8) is 0 Å². The summed E-state index contributed by atoms with van der Waals surface area (Å²) in [6.07, 6.45) is 0.789. The second-order valence-electron chi connectivity index (χ2n) is 2.81. The number of likely N-dealkylation sites (N-methyl/N-ethyl adjacent to an activating group) is 1. The number of hydrogen-bond donors (Lipinski definition) is 2. The maximum Gasteiger partial charge on any atom is 0.237 e. The zero-order chi connectivity index (χ0) is 11.8. The fourth-order valence-electron chi connectivity index (χ4n) is 0.944. The minimum absolute atomic E-state index is 0.0191. The van der Waals surface area contributed by atoms with Gasteiger partial charge in [-0.1, -0.05) is 0 Å². The third-order valence-corrected chi connectivity index (χ3v) is 2.62. The lowest BCUT2D eigenvalue weighted by Gasteiger charge is -2.14. The van der Waals surface area contributed by atoms with Crippen LogP contribution in [0.3, 0.4) is 0 Å². The third kappa shape index (κ3) is 8.08. The molecule has 0 saturated heterocycles. The van der Waals surface area contributed by atoms with Crippen molar-refractivity contribution in [1.82, 2.24) is 10.6 Å². The molecule has 15 heavy (non-hydrogen) atoms. The van der Waals surface area contributed by atoms with Crippen molar-refractivity contribution in [2.75, 3.05) is 13.6 Å². The van der Waals surface area contributed by atoms with E-state index in [1.54, 1.807) is 52.2 Å². The molecular formula is C8H12I2N2O3. The minimum atomic E-state index is -0.417. The van der Waals surface area contributed by atoms with E-state index in [9.17, 15) is 14.4 Å². The molecule has 0 aromatic carbocycles. The smallest absolute Gasteiger partial charge is 0.237 e. The van der Waals surface area contributed by atoms with Gasteiger partial charge in [-0.25, -0.2) is 0 Å². The van der Waals surface area contributed by atoms with Crippen LogP contribution in [0.1, 0.15) is 12.8 Å². The van der Waals surface area contributed by atoms with E-state index in [1.807, 2.05) is 0 Å². The third-order valence-electron chi connectivity index (χ3n) is 1.70. The first-order valence-corrected chi connectivity index (χ1v) is 6.44. The highest BCUT2D eigenvalue weighted by atomic mass is 127. The molecule has 0 aliphatic rings. The van der Waals surface area contributed by atoms with Crippen molar-refractivity contribution in [3.05, 3.63) is 0 Å². The molecule has 86 valence electrons. The Morgan fingerprint density at radius 3 is 2.20 bits per heavy atom. The molecule has 5 nitrogen and oxygen atoms in total. The van der Waals surface area contributed by atoms with Crippen molar-refractivity contribution >= 4 is 58.7 Å². The predicted octanol–water partition coefficient (Wildman–Crippen LogP) is 0.394. The monoisotopic (exact) mass is 438 g/mol. The van der Waals surface area contributed by atoms with E-state index < -0.39 is 6.04 Å². The number of hydrogen-bond acceptors (Lipinski definition) is 4. The van der Waals surface area contributed by atoms with Gasteiger partial charge in [0.15, 0.2) is 3.79 Å². The second kappa shape index (κ2) is 8.39. The Labute approximate surface area is 115 Å². The molecule has 0 rings (SSSR count). The molecule has 0 aromatic rings. The number of carbonyl (C=O) groups excluding carboxylic acids is 3. The topological polar surface area (TPSA) is 75.3 Å². The molecule has 0 saturated carbocycles. The van der Waals surface area contributed by atoms with Crippen LogP contribution >= 0.6 is 45.2 Å². The van der Waals surface area contributed by atoms with Gasteiger partial charge in [-0.2, -0.15) is 0 Å². The maximum absolute atomic E-state index is 11.4. The molecule has 0 bridgehead atoms.